The first-order valence-electron chi connectivity index (χ1n) is 6.45. The zero-order valence-electron chi connectivity index (χ0n) is 10.9. The molecule has 6 heteroatoms. The van der Waals surface area contributed by atoms with Gasteiger partial charge in [0.25, 0.3) is 11.8 Å². The van der Waals surface area contributed by atoms with Crippen LogP contribution in [-0.4, -0.2) is 58.4 Å². The van der Waals surface area contributed by atoms with Crippen molar-refractivity contribution < 1.29 is 24.9 Å². The van der Waals surface area contributed by atoms with Crippen molar-refractivity contribution in [1.82, 2.24) is 4.90 Å². The van der Waals surface area contributed by atoms with Gasteiger partial charge in [0.15, 0.2) is 0 Å². The number of hydrogen-bond donors (Lipinski definition) is 3. The van der Waals surface area contributed by atoms with Gasteiger partial charge in [-0.3, -0.25) is 14.5 Å². The molecule has 1 rings (SSSR count). The second-order valence-electron chi connectivity index (χ2n) is 4.83. The molecule has 0 aromatic heterocycles. The summed E-state index contributed by atoms with van der Waals surface area (Å²) in [4.78, 5) is 24.0. The van der Waals surface area contributed by atoms with Crippen LogP contribution in [0.25, 0.3) is 0 Å². The third-order valence-corrected chi connectivity index (χ3v) is 3.69. The molecule has 0 saturated carbocycles. The molecule has 0 aliphatic carbocycles. The first-order chi connectivity index (χ1) is 9.08. The number of rotatable bonds is 9. The molecular formula is C13H21NO5. The number of aliphatic hydroxyl groups is 3. The first-order valence-corrected chi connectivity index (χ1v) is 6.45. The summed E-state index contributed by atoms with van der Waals surface area (Å²) in [5.74, 6) is -0.674. The highest BCUT2D eigenvalue weighted by Crippen LogP contribution is 2.34. The molecule has 0 aromatic carbocycles. The summed E-state index contributed by atoms with van der Waals surface area (Å²) < 4.78 is 0. The SMILES string of the molecule is O=C1C=CC(=O)N1CCC(CCO)(CCO)CCO. The average molecular weight is 271 g/mol. The summed E-state index contributed by atoms with van der Waals surface area (Å²) in [5, 5.41) is 27.4. The number of aliphatic hydroxyl groups excluding tert-OH is 3. The van der Waals surface area contributed by atoms with Gasteiger partial charge < -0.3 is 15.3 Å². The van der Waals surface area contributed by atoms with Gasteiger partial charge in [-0.15, -0.1) is 0 Å². The molecule has 0 aromatic rings. The van der Waals surface area contributed by atoms with Gasteiger partial charge in [-0.1, -0.05) is 0 Å². The van der Waals surface area contributed by atoms with Crippen molar-refractivity contribution in [2.24, 2.45) is 5.41 Å². The van der Waals surface area contributed by atoms with Crippen molar-refractivity contribution in [2.45, 2.75) is 25.7 Å². The molecule has 0 atom stereocenters. The Kier molecular flexibility index (Phi) is 6.14. The minimum atomic E-state index is -0.443. The molecule has 1 aliphatic heterocycles. The smallest absolute Gasteiger partial charge is 0.253 e. The van der Waals surface area contributed by atoms with E-state index in [9.17, 15) is 9.59 Å². The summed E-state index contributed by atoms with van der Waals surface area (Å²) in [6.07, 6.45) is 4.21. The Bertz CT molecular complexity index is 318. The summed E-state index contributed by atoms with van der Waals surface area (Å²) in [6.45, 7) is 0.0745. The fourth-order valence-corrected chi connectivity index (χ4v) is 2.46. The van der Waals surface area contributed by atoms with Crippen LogP contribution in [0.1, 0.15) is 25.7 Å². The van der Waals surface area contributed by atoms with Crippen molar-refractivity contribution >= 4 is 11.8 Å². The summed E-state index contributed by atoms with van der Waals surface area (Å²) >= 11 is 0. The number of carbonyl (C=O) groups excluding carboxylic acids is 2. The van der Waals surface area contributed by atoms with Gasteiger partial charge in [-0.05, 0) is 31.1 Å². The fraction of sp³-hybridized carbons (Fsp3) is 0.692. The van der Waals surface area contributed by atoms with Gasteiger partial charge in [-0.2, -0.15) is 0 Å². The minimum Gasteiger partial charge on any atom is -0.396 e. The van der Waals surface area contributed by atoms with E-state index in [2.05, 4.69) is 0 Å². The third kappa shape index (κ3) is 4.12. The number of nitrogens with zero attached hydrogens (tertiary/aromatic N) is 1. The van der Waals surface area contributed by atoms with E-state index in [1.165, 1.54) is 12.2 Å². The van der Waals surface area contributed by atoms with E-state index in [0.29, 0.717) is 25.7 Å². The average Bonchev–Trinajstić information content (AvgIpc) is 2.68. The van der Waals surface area contributed by atoms with Crippen LogP contribution in [0.4, 0.5) is 0 Å². The lowest BCUT2D eigenvalue weighted by Crippen LogP contribution is -2.36. The molecule has 2 amide bonds. The van der Waals surface area contributed by atoms with Crippen LogP contribution >= 0.6 is 0 Å². The Morgan fingerprint density at radius 1 is 0.842 bits per heavy atom. The Morgan fingerprint density at radius 3 is 1.63 bits per heavy atom. The van der Waals surface area contributed by atoms with Crippen LogP contribution in [0.5, 0.6) is 0 Å². The maximum atomic E-state index is 11.4. The molecule has 0 bridgehead atoms. The lowest BCUT2D eigenvalue weighted by atomic mass is 9.75. The summed E-state index contributed by atoms with van der Waals surface area (Å²) in [5.41, 5.74) is -0.443. The van der Waals surface area contributed by atoms with Crippen LogP contribution in [0.15, 0.2) is 12.2 Å². The summed E-state index contributed by atoms with van der Waals surface area (Å²) in [6, 6.07) is 0. The van der Waals surface area contributed by atoms with Gasteiger partial charge in [0.05, 0.1) is 0 Å². The lowest BCUT2D eigenvalue weighted by molar-refractivity contribution is -0.137. The van der Waals surface area contributed by atoms with Crippen molar-refractivity contribution in [3.8, 4) is 0 Å². The number of imide groups is 1. The maximum Gasteiger partial charge on any atom is 0.253 e. The molecule has 6 nitrogen and oxygen atoms in total. The van der Waals surface area contributed by atoms with Gasteiger partial charge in [0.2, 0.25) is 0 Å². The first kappa shape index (κ1) is 15.8. The second kappa shape index (κ2) is 7.37. The largest absolute Gasteiger partial charge is 0.396 e. The van der Waals surface area contributed by atoms with Crippen molar-refractivity contribution in [3.05, 3.63) is 12.2 Å². The van der Waals surface area contributed by atoms with Crippen LogP contribution in [0.2, 0.25) is 0 Å². The quantitative estimate of drug-likeness (QED) is 0.488. The van der Waals surface area contributed by atoms with E-state index < -0.39 is 5.41 Å². The van der Waals surface area contributed by atoms with E-state index in [-0.39, 0.29) is 38.2 Å². The van der Waals surface area contributed by atoms with E-state index in [0.717, 1.165) is 4.90 Å². The lowest BCUT2D eigenvalue weighted by Gasteiger charge is -2.33. The topological polar surface area (TPSA) is 98.1 Å². The number of amides is 2. The van der Waals surface area contributed by atoms with Crippen LogP contribution < -0.4 is 0 Å². The maximum absolute atomic E-state index is 11.4. The van der Waals surface area contributed by atoms with Crippen LogP contribution in [-0.2, 0) is 9.59 Å². The monoisotopic (exact) mass is 271 g/mol. The molecule has 108 valence electrons. The van der Waals surface area contributed by atoms with Gasteiger partial charge in [0.1, 0.15) is 0 Å². The Balaban J connectivity index is 2.66. The summed E-state index contributed by atoms with van der Waals surface area (Å²) in [7, 11) is 0. The van der Waals surface area contributed by atoms with Gasteiger partial charge in [0, 0.05) is 38.5 Å². The second-order valence-corrected chi connectivity index (χ2v) is 4.83. The predicted molar refractivity (Wildman–Crippen MR) is 68.0 cm³/mol. The molecule has 1 aliphatic rings. The van der Waals surface area contributed by atoms with Crippen LogP contribution in [0, 0.1) is 5.41 Å². The van der Waals surface area contributed by atoms with Gasteiger partial charge >= 0.3 is 0 Å². The Morgan fingerprint density at radius 2 is 1.26 bits per heavy atom. The molecule has 0 fully saturated rings. The zero-order valence-corrected chi connectivity index (χ0v) is 10.9. The highest BCUT2D eigenvalue weighted by molar-refractivity contribution is 6.12. The van der Waals surface area contributed by atoms with Crippen LogP contribution in [0.3, 0.4) is 0 Å². The highest BCUT2D eigenvalue weighted by Gasteiger charge is 2.32. The molecule has 0 saturated heterocycles. The zero-order chi connectivity index (χ0) is 14.3. The van der Waals surface area contributed by atoms with Crippen molar-refractivity contribution in [3.63, 3.8) is 0 Å². The van der Waals surface area contributed by atoms with Crippen molar-refractivity contribution in [2.75, 3.05) is 26.4 Å². The van der Waals surface area contributed by atoms with E-state index >= 15 is 0 Å². The molecule has 0 radical (unpaired) electrons. The molecule has 1 heterocycles. The molecular weight excluding hydrogens is 250 g/mol. The fourth-order valence-electron chi connectivity index (χ4n) is 2.46. The normalized spacial score (nSPS) is 15.6. The molecule has 0 unspecified atom stereocenters. The molecule has 0 spiro atoms. The number of carbonyl (C=O) groups is 2. The standard InChI is InChI=1S/C13H21NO5/c15-8-4-13(5-9-16,6-10-17)3-7-14-11(18)1-2-12(14)19/h1-2,15-17H,3-10H2. The third-order valence-electron chi connectivity index (χ3n) is 3.69. The number of hydrogen-bond acceptors (Lipinski definition) is 5. The van der Waals surface area contributed by atoms with Gasteiger partial charge in [-0.25, -0.2) is 0 Å². The van der Waals surface area contributed by atoms with E-state index in [4.69, 9.17) is 15.3 Å². The van der Waals surface area contributed by atoms with E-state index in [1.54, 1.807) is 0 Å². The minimum absolute atomic E-state index is 0.0554. The Hall–Kier alpha value is -1.24. The molecule has 19 heavy (non-hydrogen) atoms. The highest BCUT2D eigenvalue weighted by atomic mass is 16.3. The Labute approximate surface area is 112 Å². The van der Waals surface area contributed by atoms with Crippen molar-refractivity contribution in [1.29, 1.82) is 0 Å². The van der Waals surface area contributed by atoms with E-state index in [1.807, 2.05) is 0 Å². The molecule has 3 N–H and O–H groups in total. The predicted octanol–water partition coefficient (Wildman–Crippen LogP) is -0.565.